The molecule has 0 fully saturated rings. The maximum absolute atomic E-state index is 12.2. The van der Waals surface area contributed by atoms with Crippen molar-refractivity contribution < 1.29 is 24.5 Å². The summed E-state index contributed by atoms with van der Waals surface area (Å²) in [7, 11) is 1.45. The first-order chi connectivity index (χ1) is 14.4. The fourth-order valence-electron chi connectivity index (χ4n) is 2.74. The average molecular weight is 402 g/mol. The molecule has 3 aromatic carbocycles. The number of aryl methyl sites for hydroxylation is 1. The molecule has 5 nitrogen and oxygen atoms in total. The number of aromatic hydroxyl groups is 2. The van der Waals surface area contributed by atoms with Crippen LogP contribution in [0.5, 0.6) is 23.0 Å². The lowest BCUT2D eigenvalue weighted by Crippen LogP contribution is -2.03. The first kappa shape index (κ1) is 20.7. The van der Waals surface area contributed by atoms with E-state index in [-0.39, 0.29) is 17.2 Å². The van der Waals surface area contributed by atoms with Crippen molar-refractivity contribution in [1.82, 2.24) is 0 Å². The second-order valence-electron chi connectivity index (χ2n) is 6.69. The highest BCUT2D eigenvalue weighted by Crippen LogP contribution is 2.27. The van der Waals surface area contributed by atoms with Gasteiger partial charge in [0.15, 0.2) is 11.5 Å². The van der Waals surface area contributed by atoms with Crippen LogP contribution in [0, 0.1) is 6.92 Å². The van der Waals surface area contributed by atoms with Crippen LogP contribution in [-0.4, -0.2) is 23.3 Å². The molecule has 5 heteroatoms. The van der Waals surface area contributed by atoms with Crippen LogP contribution >= 0.6 is 0 Å². The molecule has 0 aromatic heterocycles. The quantitative estimate of drug-likeness (QED) is 0.256. The summed E-state index contributed by atoms with van der Waals surface area (Å²) < 4.78 is 10.3. The van der Waals surface area contributed by atoms with Crippen molar-refractivity contribution in [3.63, 3.8) is 0 Å². The summed E-state index contributed by atoms with van der Waals surface area (Å²) in [5.41, 5.74) is 3.57. The van der Waals surface area contributed by atoms with E-state index >= 15 is 0 Å². The molecule has 0 amide bonds. The number of carbonyl (C=O) groups is 1. The number of carbonyl (C=O) groups excluding carboxylic acids is 1. The van der Waals surface area contributed by atoms with Crippen LogP contribution in [0.4, 0.5) is 0 Å². The fraction of sp³-hybridized carbons (Fsp3) is 0.0800. The van der Waals surface area contributed by atoms with Crippen molar-refractivity contribution in [1.29, 1.82) is 0 Å². The Bertz CT molecular complexity index is 1100. The molecule has 0 heterocycles. The number of esters is 1. The van der Waals surface area contributed by atoms with E-state index in [1.54, 1.807) is 30.3 Å². The van der Waals surface area contributed by atoms with E-state index in [1.807, 2.05) is 43.3 Å². The Kier molecular flexibility index (Phi) is 6.55. The van der Waals surface area contributed by atoms with Crippen LogP contribution < -0.4 is 9.47 Å². The highest BCUT2D eigenvalue weighted by molar-refractivity contribution is 5.89. The number of rotatable bonds is 6. The number of methoxy groups -OCH3 is 1. The van der Waals surface area contributed by atoms with Gasteiger partial charge in [0, 0.05) is 12.1 Å². The number of phenolic OH excluding ortho intramolecular Hbond substituents is 2. The molecule has 0 radical (unpaired) electrons. The van der Waals surface area contributed by atoms with E-state index < -0.39 is 5.97 Å². The Hall–Kier alpha value is -3.99. The predicted octanol–water partition coefficient (Wildman–Crippen LogP) is 5.20. The van der Waals surface area contributed by atoms with E-state index in [2.05, 4.69) is 0 Å². The van der Waals surface area contributed by atoms with Crippen molar-refractivity contribution in [2.24, 2.45) is 0 Å². The molecular formula is C25H22O5. The maximum atomic E-state index is 12.2. The van der Waals surface area contributed by atoms with Gasteiger partial charge >= 0.3 is 5.97 Å². The molecule has 2 N–H and O–H groups in total. The molecule has 3 aromatic rings. The lowest BCUT2D eigenvalue weighted by atomic mass is 10.1. The molecule has 3 rings (SSSR count). The van der Waals surface area contributed by atoms with Gasteiger partial charge in [-0.2, -0.15) is 0 Å². The fourth-order valence-corrected chi connectivity index (χ4v) is 2.74. The zero-order chi connectivity index (χ0) is 21.5. The number of phenols is 2. The minimum absolute atomic E-state index is 0.00360. The van der Waals surface area contributed by atoms with Gasteiger partial charge in [0.05, 0.1) is 7.11 Å². The smallest absolute Gasteiger partial charge is 0.336 e. The molecule has 0 saturated heterocycles. The minimum Gasteiger partial charge on any atom is -0.508 e. The van der Waals surface area contributed by atoms with Gasteiger partial charge in [0.2, 0.25) is 0 Å². The molecule has 0 unspecified atom stereocenters. The van der Waals surface area contributed by atoms with Gasteiger partial charge in [-0.15, -0.1) is 0 Å². The first-order valence-electron chi connectivity index (χ1n) is 9.28. The second-order valence-corrected chi connectivity index (χ2v) is 6.69. The topological polar surface area (TPSA) is 76.0 Å². The molecule has 0 saturated carbocycles. The molecule has 0 bridgehead atoms. The van der Waals surface area contributed by atoms with Crippen molar-refractivity contribution in [3.8, 4) is 23.0 Å². The third-order valence-corrected chi connectivity index (χ3v) is 4.29. The Morgan fingerprint density at radius 3 is 2.27 bits per heavy atom. The summed E-state index contributed by atoms with van der Waals surface area (Å²) in [5, 5.41) is 19.6. The van der Waals surface area contributed by atoms with E-state index in [0.29, 0.717) is 16.9 Å². The minimum atomic E-state index is -0.596. The third kappa shape index (κ3) is 5.75. The van der Waals surface area contributed by atoms with Crippen LogP contribution in [0.1, 0.15) is 22.3 Å². The zero-order valence-corrected chi connectivity index (χ0v) is 16.7. The van der Waals surface area contributed by atoms with Gasteiger partial charge in [-0.05, 0) is 54.0 Å². The Morgan fingerprint density at radius 2 is 1.53 bits per heavy atom. The lowest BCUT2D eigenvalue weighted by Gasteiger charge is -2.05. The van der Waals surface area contributed by atoms with Crippen LogP contribution in [0.15, 0.2) is 66.7 Å². The molecular weight excluding hydrogens is 380 g/mol. The van der Waals surface area contributed by atoms with Crippen molar-refractivity contribution in [2.45, 2.75) is 6.92 Å². The normalized spacial score (nSPS) is 11.1. The highest BCUT2D eigenvalue weighted by Gasteiger charge is 2.05. The lowest BCUT2D eigenvalue weighted by molar-refractivity contribution is -0.128. The molecule has 0 spiro atoms. The van der Waals surface area contributed by atoms with E-state index in [0.717, 1.165) is 5.56 Å². The second kappa shape index (κ2) is 9.47. The Balaban J connectivity index is 1.70. The summed E-state index contributed by atoms with van der Waals surface area (Å²) in [6, 6.07) is 17.4. The molecule has 0 aliphatic heterocycles. The van der Waals surface area contributed by atoms with E-state index in [4.69, 9.17) is 9.47 Å². The average Bonchev–Trinajstić information content (AvgIpc) is 2.72. The molecule has 0 aliphatic carbocycles. The number of hydrogen-bond donors (Lipinski definition) is 2. The number of hydrogen-bond acceptors (Lipinski definition) is 5. The maximum Gasteiger partial charge on any atom is 0.336 e. The SMILES string of the molecule is COc1cc(/C=C/C(=O)Oc2cc(O)cc(/C=C\c3ccc(C)cc3)c2)ccc1O. The summed E-state index contributed by atoms with van der Waals surface area (Å²) in [4.78, 5) is 12.2. The van der Waals surface area contributed by atoms with Gasteiger partial charge < -0.3 is 19.7 Å². The van der Waals surface area contributed by atoms with Crippen molar-refractivity contribution >= 4 is 24.2 Å². The predicted molar refractivity (Wildman–Crippen MR) is 118 cm³/mol. The van der Waals surface area contributed by atoms with Gasteiger partial charge in [-0.3, -0.25) is 0 Å². The van der Waals surface area contributed by atoms with Crippen molar-refractivity contribution in [2.75, 3.05) is 7.11 Å². The van der Waals surface area contributed by atoms with Crippen LogP contribution in [0.3, 0.4) is 0 Å². The summed E-state index contributed by atoms with van der Waals surface area (Å²) in [5.74, 6) is -0.0413. The number of ether oxygens (including phenoxy) is 2. The zero-order valence-electron chi connectivity index (χ0n) is 16.7. The molecule has 0 aliphatic rings. The van der Waals surface area contributed by atoms with Crippen LogP contribution in [0.2, 0.25) is 0 Å². The molecule has 152 valence electrons. The molecule has 30 heavy (non-hydrogen) atoms. The number of benzene rings is 3. The van der Waals surface area contributed by atoms with Crippen molar-refractivity contribution in [3.05, 3.63) is 89.0 Å². The third-order valence-electron chi connectivity index (χ3n) is 4.29. The largest absolute Gasteiger partial charge is 0.508 e. The van der Waals surface area contributed by atoms with Gasteiger partial charge in [0.25, 0.3) is 0 Å². The van der Waals surface area contributed by atoms with Crippen LogP contribution in [-0.2, 0) is 4.79 Å². The van der Waals surface area contributed by atoms with Gasteiger partial charge in [0.1, 0.15) is 11.5 Å². The van der Waals surface area contributed by atoms with E-state index in [1.165, 1.54) is 30.9 Å². The Labute approximate surface area is 175 Å². The standard InChI is InChI=1S/C25H22O5/c1-17-3-5-18(6-4-17)7-8-20-13-21(26)16-22(14-20)30-25(28)12-10-19-9-11-23(27)24(15-19)29-2/h3-16,26-27H,1-2H3/b8-7-,12-10+. The molecule has 0 atom stereocenters. The summed E-state index contributed by atoms with van der Waals surface area (Å²) in [6.07, 6.45) is 6.56. The monoisotopic (exact) mass is 402 g/mol. The van der Waals surface area contributed by atoms with Gasteiger partial charge in [-0.1, -0.05) is 48.0 Å². The summed E-state index contributed by atoms with van der Waals surface area (Å²) >= 11 is 0. The summed E-state index contributed by atoms with van der Waals surface area (Å²) in [6.45, 7) is 2.02. The highest BCUT2D eigenvalue weighted by atomic mass is 16.5. The van der Waals surface area contributed by atoms with Gasteiger partial charge in [-0.25, -0.2) is 4.79 Å². The van der Waals surface area contributed by atoms with Crippen LogP contribution in [0.25, 0.3) is 18.2 Å². The van der Waals surface area contributed by atoms with E-state index in [9.17, 15) is 15.0 Å². The first-order valence-corrected chi connectivity index (χ1v) is 9.28. The Morgan fingerprint density at radius 1 is 0.833 bits per heavy atom.